The molecule has 1 heterocycles. The Kier molecular flexibility index (Phi) is 2.54. The van der Waals surface area contributed by atoms with Crippen LogP contribution in [0.5, 0.6) is 0 Å². The lowest BCUT2D eigenvalue weighted by Gasteiger charge is -2.08. The van der Waals surface area contributed by atoms with E-state index in [9.17, 15) is 4.39 Å². The predicted octanol–water partition coefficient (Wildman–Crippen LogP) is 3.34. The van der Waals surface area contributed by atoms with Gasteiger partial charge in [-0.3, -0.25) is 5.10 Å². The van der Waals surface area contributed by atoms with Crippen LogP contribution in [0.2, 0.25) is 0 Å². The molecule has 0 atom stereocenters. The highest BCUT2D eigenvalue weighted by Crippen LogP contribution is 2.25. The fourth-order valence-corrected chi connectivity index (χ4v) is 1.57. The zero-order chi connectivity index (χ0) is 10.8. The van der Waals surface area contributed by atoms with Crippen molar-refractivity contribution in [3.63, 3.8) is 0 Å². The second-order valence-electron chi connectivity index (χ2n) is 3.88. The van der Waals surface area contributed by atoms with E-state index in [0.717, 1.165) is 16.7 Å². The van der Waals surface area contributed by atoms with Gasteiger partial charge in [0.1, 0.15) is 5.82 Å². The van der Waals surface area contributed by atoms with Crippen LogP contribution in [0.3, 0.4) is 0 Å². The van der Waals surface area contributed by atoms with Gasteiger partial charge in [0.15, 0.2) is 0 Å². The molecule has 0 fully saturated rings. The van der Waals surface area contributed by atoms with Crippen molar-refractivity contribution >= 4 is 0 Å². The average molecular weight is 204 g/mol. The van der Waals surface area contributed by atoms with E-state index in [1.807, 2.05) is 19.9 Å². The van der Waals surface area contributed by atoms with Crippen molar-refractivity contribution in [1.82, 2.24) is 10.2 Å². The number of hydrogen-bond acceptors (Lipinski definition) is 1. The summed E-state index contributed by atoms with van der Waals surface area (Å²) in [5, 5.41) is 6.62. The molecule has 0 radical (unpaired) electrons. The van der Waals surface area contributed by atoms with Gasteiger partial charge in [0.25, 0.3) is 0 Å². The van der Waals surface area contributed by atoms with Crippen molar-refractivity contribution in [3.05, 3.63) is 42.0 Å². The first-order valence-corrected chi connectivity index (χ1v) is 4.97. The highest BCUT2D eigenvalue weighted by atomic mass is 19.1. The van der Waals surface area contributed by atoms with E-state index >= 15 is 0 Å². The highest BCUT2D eigenvalue weighted by molar-refractivity contribution is 5.62. The van der Waals surface area contributed by atoms with Crippen LogP contribution in [-0.2, 0) is 0 Å². The molecule has 0 amide bonds. The van der Waals surface area contributed by atoms with Crippen molar-refractivity contribution in [2.75, 3.05) is 0 Å². The van der Waals surface area contributed by atoms with Crippen LogP contribution >= 0.6 is 0 Å². The molecule has 0 bridgehead atoms. The summed E-state index contributed by atoms with van der Waals surface area (Å²) in [5.41, 5.74) is 2.72. The molecule has 1 aromatic carbocycles. The fourth-order valence-electron chi connectivity index (χ4n) is 1.57. The minimum Gasteiger partial charge on any atom is -0.285 e. The smallest absolute Gasteiger partial charge is 0.126 e. The molecule has 0 aliphatic carbocycles. The lowest BCUT2D eigenvalue weighted by atomic mass is 9.98. The van der Waals surface area contributed by atoms with Gasteiger partial charge in [0.05, 0.1) is 6.20 Å². The van der Waals surface area contributed by atoms with Crippen molar-refractivity contribution < 1.29 is 4.39 Å². The molecule has 0 saturated carbocycles. The molecule has 15 heavy (non-hydrogen) atoms. The minimum atomic E-state index is -0.141. The summed E-state index contributed by atoms with van der Waals surface area (Å²) in [4.78, 5) is 0. The molecule has 3 heteroatoms. The summed E-state index contributed by atoms with van der Waals surface area (Å²) < 4.78 is 13.4. The Morgan fingerprint density at radius 3 is 2.67 bits per heavy atom. The topological polar surface area (TPSA) is 28.7 Å². The van der Waals surface area contributed by atoms with E-state index in [1.54, 1.807) is 18.5 Å². The summed E-state index contributed by atoms with van der Waals surface area (Å²) in [6, 6.07) is 5.16. The summed E-state index contributed by atoms with van der Waals surface area (Å²) in [6.07, 6.45) is 3.54. The van der Waals surface area contributed by atoms with Crippen LogP contribution < -0.4 is 0 Å². The number of aromatic nitrogens is 2. The standard InChI is InChI=1S/C12H13FN2/c1-8(2)11-5-9(3-4-12(11)13)10-6-14-15-7-10/h3-8H,1-2H3,(H,14,15). The molecular weight excluding hydrogens is 191 g/mol. The molecule has 1 N–H and O–H groups in total. The Hall–Kier alpha value is -1.64. The maximum atomic E-state index is 13.4. The number of hydrogen-bond donors (Lipinski definition) is 1. The predicted molar refractivity (Wildman–Crippen MR) is 58.1 cm³/mol. The van der Waals surface area contributed by atoms with E-state index in [1.165, 1.54) is 6.07 Å². The Labute approximate surface area is 88.1 Å². The van der Waals surface area contributed by atoms with Gasteiger partial charge in [-0.15, -0.1) is 0 Å². The van der Waals surface area contributed by atoms with E-state index in [2.05, 4.69) is 10.2 Å². The zero-order valence-electron chi connectivity index (χ0n) is 8.79. The lowest BCUT2D eigenvalue weighted by molar-refractivity contribution is 0.598. The summed E-state index contributed by atoms with van der Waals surface area (Å²) >= 11 is 0. The van der Waals surface area contributed by atoms with Crippen LogP contribution in [0.25, 0.3) is 11.1 Å². The second kappa shape index (κ2) is 3.85. The quantitative estimate of drug-likeness (QED) is 0.798. The maximum absolute atomic E-state index is 13.4. The van der Waals surface area contributed by atoms with Gasteiger partial charge in [-0.25, -0.2) is 4.39 Å². The van der Waals surface area contributed by atoms with E-state index in [0.29, 0.717) is 0 Å². The first-order valence-electron chi connectivity index (χ1n) is 4.97. The molecule has 2 nitrogen and oxygen atoms in total. The second-order valence-corrected chi connectivity index (χ2v) is 3.88. The monoisotopic (exact) mass is 204 g/mol. The van der Waals surface area contributed by atoms with Gasteiger partial charge >= 0.3 is 0 Å². The number of nitrogens with zero attached hydrogens (tertiary/aromatic N) is 1. The van der Waals surface area contributed by atoms with Gasteiger partial charge < -0.3 is 0 Å². The van der Waals surface area contributed by atoms with Crippen molar-refractivity contribution in [1.29, 1.82) is 0 Å². The molecule has 0 saturated heterocycles. The molecule has 0 aliphatic rings. The van der Waals surface area contributed by atoms with Gasteiger partial charge in [0, 0.05) is 11.8 Å². The SMILES string of the molecule is CC(C)c1cc(-c2cn[nH]c2)ccc1F. The van der Waals surface area contributed by atoms with E-state index in [-0.39, 0.29) is 11.7 Å². The maximum Gasteiger partial charge on any atom is 0.126 e. The minimum absolute atomic E-state index is 0.141. The Morgan fingerprint density at radius 1 is 1.27 bits per heavy atom. The van der Waals surface area contributed by atoms with Crippen LogP contribution in [0, 0.1) is 5.82 Å². The van der Waals surface area contributed by atoms with Crippen LogP contribution in [0.4, 0.5) is 4.39 Å². The zero-order valence-corrected chi connectivity index (χ0v) is 8.79. The van der Waals surface area contributed by atoms with Crippen LogP contribution in [0.1, 0.15) is 25.3 Å². The van der Waals surface area contributed by atoms with E-state index < -0.39 is 0 Å². The molecule has 0 unspecified atom stereocenters. The number of benzene rings is 1. The lowest BCUT2D eigenvalue weighted by Crippen LogP contribution is -1.93. The number of aromatic amines is 1. The van der Waals surface area contributed by atoms with Crippen LogP contribution in [-0.4, -0.2) is 10.2 Å². The van der Waals surface area contributed by atoms with E-state index in [4.69, 9.17) is 0 Å². The molecule has 2 rings (SSSR count). The fraction of sp³-hybridized carbons (Fsp3) is 0.250. The molecular formula is C12H13FN2. The number of halogens is 1. The Morgan fingerprint density at radius 2 is 2.07 bits per heavy atom. The highest BCUT2D eigenvalue weighted by Gasteiger charge is 2.08. The normalized spacial score (nSPS) is 10.9. The Bertz CT molecular complexity index is 447. The third-order valence-corrected chi connectivity index (χ3v) is 2.45. The third-order valence-electron chi connectivity index (χ3n) is 2.45. The van der Waals surface area contributed by atoms with Gasteiger partial charge in [0.2, 0.25) is 0 Å². The third kappa shape index (κ3) is 1.91. The summed E-state index contributed by atoms with van der Waals surface area (Å²) in [6.45, 7) is 3.97. The number of nitrogens with one attached hydrogen (secondary N) is 1. The van der Waals surface area contributed by atoms with Gasteiger partial charge in [-0.05, 0) is 29.2 Å². The number of rotatable bonds is 2. The molecule has 2 aromatic rings. The molecule has 0 spiro atoms. The van der Waals surface area contributed by atoms with Crippen molar-refractivity contribution in [2.24, 2.45) is 0 Å². The summed E-state index contributed by atoms with van der Waals surface area (Å²) in [5.74, 6) is 0.0501. The first kappa shape index (κ1) is 9.90. The van der Waals surface area contributed by atoms with Gasteiger partial charge in [-0.1, -0.05) is 19.9 Å². The number of H-pyrrole nitrogens is 1. The van der Waals surface area contributed by atoms with Crippen molar-refractivity contribution in [3.8, 4) is 11.1 Å². The van der Waals surface area contributed by atoms with Gasteiger partial charge in [-0.2, -0.15) is 5.10 Å². The van der Waals surface area contributed by atoms with Crippen LogP contribution in [0.15, 0.2) is 30.6 Å². The average Bonchev–Trinajstić information content (AvgIpc) is 2.71. The summed E-state index contributed by atoms with van der Waals surface area (Å²) in [7, 11) is 0. The Balaban J connectivity index is 2.48. The molecule has 1 aromatic heterocycles. The van der Waals surface area contributed by atoms with Crippen molar-refractivity contribution in [2.45, 2.75) is 19.8 Å². The first-order chi connectivity index (χ1) is 7.18. The largest absolute Gasteiger partial charge is 0.285 e. The molecule has 78 valence electrons. The molecule has 0 aliphatic heterocycles.